The van der Waals surface area contributed by atoms with E-state index in [0.717, 1.165) is 24.1 Å². The van der Waals surface area contributed by atoms with E-state index in [1.54, 1.807) is 36.1 Å². The molecule has 0 bridgehead atoms. The van der Waals surface area contributed by atoms with Gasteiger partial charge >= 0.3 is 5.97 Å². The highest BCUT2D eigenvalue weighted by Crippen LogP contribution is 2.27. The zero-order chi connectivity index (χ0) is 22.8. The quantitative estimate of drug-likeness (QED) is 0.565. The Hall–Kier alpha value is -3.45. The molecule has 1 aromatic heterocycles. The van der Waals surface area contributed by atoms with Gasteiger partial charge in [0.25, 0.3) is 5.91 Å². The number of aromatic nitrogens is 2. The summed E-state index contributed by atoms with van der Waals surface area (Å²) >= 11 is 5.94. The molecule has 1 atom stereocenters. The molecule has 1 amide bonds. The van der Waals surface area contributed by atoms with Gasteiger partial charge in [0.05, 0.1) is 5.69 Å². The number of para-hydroxylation sites is 1. The SMILES string of the molecule is Cc1cc(=O)c(C(=O)O[C@@H](C)C(=O)N2CCCc3ccccc32)nn1-c1ccc(Cl)cc1. The Bertz CT molecular complexity index is 1240. The van der Waals surface area contributed by atoms with Gasteiger partial charge in [-0.15, -0.1) is 0 Å². The van der Waals surface area contributed by atoms with Crippen LogP contribution in [0.25, 0.3) is 5.69 Å². The molecule has 0 saturated carbocycles. The van der Waals surface area contributed by atoms with Crippen LogP contribution in [-0.4, -0.2) is 34.3 Å². The predicted molar refractivity (Wildman–Crippen MR) is 122 cm³/mol. The molecular formula is C24H22ClN3O4. The van der Waals surface area contributed by atoms with Crippen LogP contribution in [0.3, 0.4) is 0 Å². The topological polar surface area (TPSA) is 81.5 Å². The highest BCUT2D eigenvalue weighted by molar-refractivity contribution is 6.30. The first-order valence-corrected chi connectivity index (χ1v) is 10.7. The fourth-order valence-corrected chi connectivity index (χ4v) is 3.91. The van der Waals surface area contributed by atoms with Crippen molar-refractivity contribution in [3.05, 3.63) is 86.8 Å². The first-order valence-electron chi connectivity index (χ1n) is 10.3. The van der Waals surface area contributed by atoms with Crippen molar-refractivity contribution >= 4 is 29.2 Å². The molecule has 0 unspecified atom stereocenters. The van der Waals surface area contributed by atoms with Gasteiger partial charge in [-0.2, -0.15) is 5.10 Å². The number of amides is 1. The van der Waals surface area contributed by atoms with Crippen molar-refractivity contribution in [3.8, 4) is 5.69 Å². The minimum atomic E-state index is -1.07. The maximum atomic E-state index is 13.0. The molecule has 0 radical (unpaired) electrons. The summed E-state index contributed by atoms with van der Waals surface area (Å²) in [5.41, 5.74) is 2.13. The van der Waals surface area contributed by atoms with Crippen molar-refractivity contribution in [1.82, 2.24) is 9.78 Å². The summed E-state index contributed by atoms with van der Waals surface area (Å²) in [6, 6.07) is 15.8. The average Bonchev–Trinajstić information content (AvgIpc) is 2.79. The molecule has 2 heterocycles. The van der Waals surface area contributed by atoms with Gasteiger partial charge in [0.1, 0.15) is 0 Å². The van der Waals surface area contributed by atoms with Gasteiger partial charge in [-0.1, -0.05) is 29.8 Å². The number of rotatable bonds is 4. The largest absolute Gasteiger partial charge is 0.448 e. The van der Waals surface area contributed by atoms with Gasteiger partial charge in [0.2, 0.25) is 11.1 Å². The number of halogens is 1. The zero-order valence-corrected chi connectivity index (χ0v) is 18.5. The Morgan fingerprint density at radius 1 is 1.12 bits per heavy atom. The Balaban J connectivity index is 1.56. The fourth-order valence-electron chi connectivity index (χ4n) is 3.78. The summed E-state index contributed by atoms with van der Waals surface area (Å²) in [4.78, 5) is 39.9. The lowest BCUT2D eigenvalue weighted by Crippen LogP contribution is -2.43. The van der Waals surface area contributed by atoms with E-state index >= 15 is 0 Å². The summed E-state index contributed by atoms with van der Waals surface area (Å²) in [5.74, 6) is -1.28. The lowest BCUT2D eigenvalue weighted by Gasteiger charge is -2.31. The van der Waals surface area contributed by atoms with Gasteiger partial charge in [-0.3, -0.25) is 9.59 Å². The summed E-state index contributed by atoms with van der Waals surface area (Å²) < 4.78 is 6.83. The molecule has 0 aliphatic carbocycles. The van der Waals surface area contributed by atoms with Crippen molar-refractivity contribution in [1.29, 1.82) is 0 Å². The van der Waals surface area contributed by atoms with Crippen LogP contribution >= 0.6 is 11.6 Å². The number of hydrogen-bond acceptors (Lipinski definition) is 5. The predicted octanol–water partition coefficient (Wildman–Crippen LogP) is 3.72. The minimum absolute atomic E-state index is 0.337. The molecule has 3 aromatic rings. The summed E-state index contributed by atoms with van der Waals surface area (Å²) in [7, 11) is 0. The van der Waals surface area contributed by atoms with E-state index in [4.69, 9.17) is 16.3 Å². The number of carbonyl (C=O) groups is 2. The Labute approximate surface area is 190 Å². The standard InChI is InChI=1S/C24H22ClN3O4/c1-15-14-21(29)22(26-28(15)19-11-9-18(25)10-12-19)24(31)32-16(2)23(30)27-13-5-7-17-6-3-4-8-20(17)27/h3-4,6,8-12,14,16H,5,7,13H2,1-2H3/t16-/m0/s1. The zero-order valence-electron chi connectivity index (χ0n) is 17.7. The van der Waals surface area contributed by atoms with Crippen molar-refractivity contribution in [2.45, 2.75) is 32.8 Å². The minimum Gasteiger partial charge on any atom is -0.448 e. The van der Waals surface area contributed by atoms with Crippen LogP contribution < -0.4 is 10.3 Å². The number of nitrogens with zero attached hydrogens (tertiary/aromatic N) is 3. The lowest BCUT2D eigenvalue weighted by molar-refractivity contribution is -0.126. The van der Waals surface area contributed by atoms with E-state index in [1.165, 1.54) is 17.7 Å². The number of hydrogen-bond donors (Lipinski definition) is 0. The lowest BCUT2D eigenvalue weighted by atomic mass is 10.0. The van der Waals surface area contributed by atoms with E-state index in [1.807, 2.05) is 24.3 Å². The van der Waals surface area contributed by atoms with Crippen LogP contribution in [0.4, 0.5) is 5.69 Å². The third kappa shape index (κ3) is 4.29. The second kappa shape index (κ2) is 8.96. The third-order valence-corrected chi connectivity index (χ3v) is 5.63. The molecule has 4 rings (SSSR count). The van der Waals surface area contributed by atoms with Crippen LogP contribution in [0.1, 0.15) is 35.1 Å². The third-order valence-electron chi connectivity index (χ3n) is 5.38. The number of esters is 1. The number of ether oxygens (including phenoxy) is 1. The Morgan fingerprint density at radius 2 is 1.84 bits per heavy atom. The molecule has 1 aliphatic heterocycles. The van der Waals surface area contributed by atoms with E-state index in [0.29, 0.717) is 22.9 Å². The van der Waals surface area contributed by atoms with E-state index < -0.39 is 17.5 Å². The normalized spacial score (nSPS) is 13.9. The first-order chi connectivity index (χ1) is 15.3. The van der Waals surface area contributed by atoms with Crippen LogP contribution in [-0.2, 0) is 16.0 Å². The first kappa shape index (κ1) is 21.8. The van der Waals surface area contributed by atoms with E-state index in [9.17, 15) is 14.4 Å². The fraction of sp³-hybridized carbons (Fsp3) is 0.250. The summed E-state index contributed by atoms with van der Waals surface area (Å²) in [6.07, 6.45) is 0.653. The van der Waals surface area contributed by atoms with Crippen molar-refractivity contribution in [2.24, 2.45) is 0 Å². The van der Waals surface area contributed by atoms with E-state index in [2.05, 4.69) is 5.10 Å². The molecule has 0 saturated heterocycles. The van der Waals surface area contributed by atoms with Crippen LogP contribution in [0.5, 0.6) is 0 Å². The molecule has 0 fully saturated rings. The van der Waals surface area contributed by atoms with E-state index in [-0.39, 0.29) is 11.6 Å². The van der Waals surface area contributed by atoms with Crippen molar-refractivity contribution in [2.75, 3.05) is 11.4 Å². The molecule has 164 valence electrons. The molecule has 0 spiro atoms. The van der Waals surface area contributed by atoms with Gasteiger partial charge in [0.15, 0.2) is 6.10 Å². The Morgan fingerprint density at radius 3 is 2.59 bits per heavy atom. The monoisotopic (exact) mass is 451 g/mol. The van der Waals surface area contributed by atoms with Crippen LogP contribution in [0, 0.1) is 6.92 Å². The molecule has 1 aliphatic rings. The van der Waals surface area contributed by atoms with Crippen molar-refractivity contribution < 1.29 is 14.3 Å². The van der Waals surface area contributed by atoms with Crippen LogP contribution in [0.2, 0.25) is 5.02 Å². The maximum absolute atomic E-state index is 13.0. The molecular weight excluding hydrogens is 430 g/mol. The average molecular weight is 452 g/mol. The number of anilines is 1. The molecule has 2 aromatic carbocycles. The number of carbonyl (C=O) groups excluding carboxylic acids is 2. The molecule has 0 N–H and O–H groups in total. The van der Waals surface area contributed by atoms with Gasteiger partial charge in [-0.25, -0.2) is 9.48 Å². The smallest absolute Gasteiger partial charge is 0.363 e. The second-order valence-corrected chi connectivity index (χ2v) is 8.09. The molecule has 7 nitrogen and oxygen atoms in total. The number of fused-ring (bicyclic) bond motifs is 1. The highest BCUT2D eigenvalue weighted by atomic mass is 35.5. The summed E-state index contributed by atoms with van der Waals surface area (Å²) in [6.45, 7) is 3.76. The molecule has 8 heteroatoms. The Kier molecular flexibility index (Phi) is 6.10. The maximum Gasteiger partial charge on any atom is 0.363 e. The van der Waals surface area contributed by atoms with Gasteiger partial charge < -0.3 is 9.64 Å². The van der Waals surface area contributed by atoms with Gasteiger partial charge in [-0.05, 0) is 62.6 Å². The number of aryl methyl sites for hydroxylation is 2. The second-order valence-electron chi connectivity index (χ2n) is 7.66. The van der Waals surface area contributed by atoms with Crippen LogP contribution in [0.15, 0.2) is 59.4 Å². The van der Waals surface area contributed by atoms with Gasteiger partial charge in [0, 0.05) is 29.0 Å². The molecule has 32 heavy (non-hydrogen) atoms. The highest BCUT2D eigenvalue weighted by Gasteiger charge is 2.29. The summed E-state index contributed by atoms with van der Waals surface area (Å²) in [5, 5.41) is 4.75. The van der Waals surface area contributed by atoms with Crippen molar-refractivity contribution in [3.63, 3.8) is 0 Å². The number of benzene rings is 2.